The summed E-state index contributed by atoms with van der Waals surface area (Å²) in [5.41, 5.74) is 4.05. The number of carbonyl (C=O) groups excluding carboxylic acids is 1. The Balaban J connectivity index is 0.00000231. The molecular weight excluding hydrogens is 411 g/mol. The Morgan fingerprint density at radius 3 is 2.52 bits per heavy atom. The Morgan fingerprint density at radius 2 is 1.84 bits per heavy atom. The van der Waals surface area contributed by atoms with Crippen molar-refractivity contribution in [3.63, 3.8) is 0 Å². The summed E-state index contributed by atoms with van der Waals surface area (Å²) in [7, 11) is 0. The maximum absolute atomic E-state index is 13.7. The van der Waals surface area contributed by atoms with Gasteiger partial charge in [-0.05, 0) is 99.2 Å². The van der Waals surface area contributed by atoms with Crippen molar-refractivity contribution in [2.75, 3.05) is 13.1 Å². The van der Waals surface area contributed by atoms with Crippen molar-refractivity contribution < 1.29 is 9.18 Å². The van der Waals surface area contributed by atoms with Gasteiger partial charge in [0.1, 0.15) is 5.82 Å². The highest BCUT2D eigenvalue weighted by Crippen LogP contribution is 2.44. The smallest absolute Gasteiger partial charge is 0.254 e. The number of benzene rings is 2. The van der Waals surface area contributed by atoms with E-state index in [1.165, 1.54) is 17.5 Å². The zero-order valence-electron chi connectivity index (χ0n) is 18.1. The second-order valence-corrected chi connectivity index (χ2v) is 9.49. The highest BCUT2D eigenvalue weighted by Gasteiger charge is 2.44. The summed E-state index contributed by atoms with van der Waals surface area (Å²) < 4.78 is 13.7. The number of nitrogens with one attached hydrogen (secondary N) is 1. The summed E-state index contributed by atoms with van der Waals surface area (Å²) in [6, 6.07) is 14.4. The number of piperidine rings is 1. The third kappa shape index (κ3) is 4.38. The fraction of sp³-hybridized carbons (Fsp3) is 0.500. The number of nitrogens with zero attached hydrogens (tertiary/aromatic N) is 1. The lowest BCUT2D eigenvalue weighted by molar-refractivity contribution is 0.0570. The van der Waals surface area contributed by atoms with Crippen molar-refractivity contribution >= 4 is 18.3 Å². The van der Waals surface area contributed by atoms with Crippen LogP contribution in [0.15, 0.2) is 42.5 Å². The van der Waals surface area contributed by atoms with Crippen LogP contribution in [0.3, 0.4) is 0 Å². The Morgan fingerprint density at radius 1 is 1.10 bits per heavy atom. The lowest BCUT2D eigenvalue weighted by Gasteiger charge is -2.39. The van der Waals surface area contributed by atoms with Crippen LogP contribution >= 0.6 is 12.4 Å². The normalized spacial score (nSPS) is 27.2. The van der Waals surface area contributed by atoms with E-state index in [0.717, 1.165) is 50.8 Å². The van der Waals surface area contributed by atoms with Gasteiger partial charge in [0.15, 0.2) is 0 Å². The Labute approximate surface area is 190 Å². The third-order valence-electron chi connectivity index (χ3n) is 7.54. The van der Waals surface area contributed by atoms with Crippen molar-refractivity contribution in [1.29, 1.82) is 0 Å². The van der Waals surface area contributed by atoms with Gasteiger partial charge in [0.05, 0.1) is 0 Å². The van der Waals surface area contributed by atoms with Crippen LogP contribution < -0.4 is 5.32 Å². The molecule has 166 valence electrons. The molecule has 0 aliphatic carbocycles. The summed E-state index contributed by atoms with van der Waals surface area (Å²) in [6.45, 7) is 3.97. The van der Waals surface area contributed by atoms with E-state index in [-0.39, 0.29) is 24.1 Å². The number of amides is 1. The Kier molecular flexibility index (Phi) is 6.68. The average molecular weight is 443 g/mol. The van der Waals surface area contributed by atoms with E-state index in [9.17, 15) is 9.18 Å². The molecule has 2 aromatic carbocycles. The van der Waals surface area contributed by atoms with Crippen LogP contribution in [0.2, 0.25) is 0 Å². The number of hydrogen-bond acceptors (Lipinski definition) is 2. The Hall–Kier alpha value is -1.91. The molecule has 2 unspecified atom stereocenters. The van der Waals surface area contributed by atoms with E-state index in [0.29, 0.717) is 29.5 Å². The van der Waals surface area contributed by atoms with Gasteiger partial charge >= 0.3 is 0 Å². The zero-order valence-corrected chi connectivity index (χ0v) is 19.0. The number of rotatable bonds is 4. The largest absolute Gasteiger partial charge is 0.333 e. The highest BCUT2D eigenvalue weighted by atomic mass is 35.5. The van der Waals surface area contributed by atoms with Gasteiger partial charge in [-0.1, -0.05) is 30.3 Å². The zero-order chi connectivity index (χ0) is 20.7. The molecule has 3 fully saturated rings. The van der Waals surface area contributed by atoms with E-state index in [4.69, 9.17) is 0 Å². The van der Waals surface area contributed by atoms with E-state index in [1.54, 1.807) is 6.07 Å². The molecule has 0 aromatic heterocycles. The molecule has 3 saturated heterocycles. The van der Waals surface area contributed by atoms with Gasteiger partial charge in [-0.2, -0.15) is 0 Å². The van der Waals surface area contributed by atoms with Gasteiger partial charge in [-0.3, -0.25) is 4.79 Å². The van der Waals surface area contributed by atoms with Crippen LogP contribution in [0.25, 0.3) is 0 Å². The molecule has 1 amide bonds. The van der Waals surface area contributed by atoms with Gasteiger partial charge in [0, 0.05) is 17.6 Å². The molecule has 3 heterocycles. The van der Waals surface area contributed by atoms with Crippen LogP contribution in [0.1, 0.15) is 65.1 Å². The molecule has 31 heavy (non-hydrogen) atoms. The number of hydrogen-bond donors (Lipinski definition) is 1. The molecule has 0 spiro atoms. The predicted molar refractivity (Wildman–Crippen MR) is 124 cm³/mol. The average Bonchev–Trinajstić information content (AvgIpc) is 3.35. The number of fused-ring (bicyclic) bond motifs is 2. The molecule has 0 radical (unpaired) electrons. The number of aryl methyl sites for hydroxylation is 1. The first-order chi connectivity index (χ1) is 14.6. The Bertz CT molecular complexity index is 929. The van der Waals surface area contributed by atoms with E-state index < -0.39 is 0 Å². The lowest BCUT2D eigenvalue weighted by Crippen LogP contribution is -2.46. The van der Waals surface area contributed by atoms with Crippen LogP contribution in [-0.4, -0.2) is 36.0 Å². The first kappa shape index (κ1) is 22.3. The minimum Gasteiger partial charge on any atom is -0.333 e. The molecule has 5 heteroatoms. The van der Waals surface area contributed by atoms with Gasteiger partial charge in [0.25, 0.3) is 5.91 Å². The first-order valence-corrected chi connectivity index (χ1v) is 11.5. The van der Waals surface area contributed by atoms with Gasteiger partial charge < -0.3 is 10.2 Å². The second kappa shape index (κ2) is 9.30. The van der Waals surface area contributed by atoms with Crippen molar-refractivity contribution in [2.45, 2.75) is 63.5 Å². The fourth-order valence-corrected chi connectivity index (χ4v) is 5.95. The molecule has 5 rings (SSSR count). The summed E-state index contributed by atoms with van der Waals surface area (Å²) in [5.74, 6) is 1.13. The van der Waals surface area contributed by atoms with Crippen molar-refractivity contribution in [3.8, 4) is 0 Å². The summed E-state index contributed by atoms with van der Waals surface area (Å²) >= 11 is 0. The van der Waals surface area contributed by atoms with Gasteiger partial charge in [-0.15, -0.1) is 12.4 Å². The van der Waals surface area contributed by atoms with E-state index in [1.807, 2.05) is 31.2 Å². The molecule has 3 nitrogen and oxygen atoms in total. The molecular formula is C26H32ClFN2O. The van der Waals surface area contributed by atoms with Crippen LogP contribution in [0.4, 0.5) is 4.39 Å². The van der Waals surface area contributed by atoms with Gasteiger partial charge in [-0.25, -0.2) is 4.39 Å². The lowest BCUT2D eigenvalue weighted by atomic mass is 9.84. The highest BCUT2D eigenvalue weighted by molar-refractivity contribution is 5.96. The molecule has 1 N–H and O–H groups in total. The molecule has 2 bridgehead atoms. The van der Waals surface area contributed by atoms with E-state index >= 15 is 0 Å². The minimum absolute atomic E-state index is 0. The van der Waals surface area contributed by atoms with Crippen LogP contribution in [-0.2, 0) is 6.42 Å². The monoisotopic (exact) mass is 442 g/mol. The molecule has 3 aliphatic rings. The van der Waals surface area contributed by atoms with Crippen LogP contribution in [0, 0.1) is 18.7 Å². The molecule has 0 saturated carbocycles. The maximum atomic E-state index is 13.7. The minimum atomic E-state index is -0.136. The summed E-state index contributed by atoms with van der Waals surface area (Å²) in [4.78, 5) is 15.9. The third-order valence-corrected chi connectivity index (χ3v) is 7.54. The van der Waals surface area contributed by atoms with Crippen molar-refractivity contribution in [3.05, 3.63) is 70.5 Å². The summed E-state index contributed by atoms with van der Waals surface area (Å²) in [5, 5.41) is 3.44. The quantitative estimate of drug-likeness (QED) is 0.700. The van der Waals surface area contributed by atoms with Crippen molar-refractivity contribution in [1.82, 2.24) is 10.2 Å². The maximum Gasteiger partial charge on any atom is 0.254 e. The standard InChI is InChI=1S/C26H31FN2O.ClH/c1-17-12-19(6-9-25(17)27)21-14-22-7-8-23(15-21)29(22)26(30)24-5-3-2-4-20(24)13-18-10-11-28-16-18;/h2-6,9,12,18,21-23,28H,7-8,10-11,13-16H2,1H3;1H/t18?,21?,22-,23+;. The molecule has 4 atom stereocenters. The number of halogens is 2. The summed E-state index contributed by atoms with van der Waals surface area (Å²) in [6.07, 6.45) is 6.32. The first-order valence-electron chi connectivity index (χ1n) is 11.5. The second-order valence-electron chi connectivity index (χ2n) is 9.49. The molecule has 2 aromatic rings. The van der Waals surface area contributed by atoms with Crippen LogP contribution in [0.5, 0.6) is 0 Å². The fourth-order valence-electron chi connectivity index (χ4n) is 5.95. The molecule has 3 aliphatic heterocycles. The topological polar surface area (TPSA) is 32.3 Å². The van der Waals surface area contributed by atoms with Gasteiger partial charge in [0.2, 0.25) is 0 Å². The SMILES string of the molecule is Cc1cc(C2C[C@H]3CC[C@@H](C2)N3C(=O)c2ccccc2CC2CCNC2)ccc1F.Cl. The van der Waals surface area contributed by atoms with Crippen molar-refractivity contribution in [2.24, 2.45) is 5.92 Å². The van der Waals surface area contributed by atoms with E-state index in [2.05, 4.69) is 22.3 Å². The predicted octanol–water partition coefficient (Wildman–Crippen LogP) is 5.26. The number of carbonyl (C=O) groups is 1.